The number of hydrogen-bond donors (Lipinski definition) is 3. The molecule has 2 aromatic carbocycles. The zero-order valence-electron chi connectivity index (χ0n) is 19.3. The second-order valence-electron chi connectivity index (χ2n) is 7.13. The first kappa shape index (κ1) is 27.7. The van der Waals surface area contributed by atoms with Gasteiger partial charge < -0.3 is 30.6 Å². The van der Waals surface area contributed by atoms with Crippen LogP contribution in [0.3, 0.4) is 0 Å². The number of nitrogen functional groups attached to an aromatic ring is 1. The highest BCUT2D eigenvalue weighted by atomic mass is 32.1. The van der Waals surface area contributed by atoms with Gasteiger partial charge in [0.2, 0.25) is 5.82 Å². The Morgan fingerprint density at radius 1 is 0.973 bits per heavy atom. The number of benzene rings is 2. The number of anilines is 4. The van der Waals surface area contributed by atoms with Crippen LogP contribution >= 0.6 is 11.3 Å². The van der Waals surface area contributed by atoms with Crippen molar-refractivity contribution in [3.63, 3.8) is 0 Å². The Morgan fingerprint density at radius 3 is 2.22 bits per heavy atom. The number of rotatable bonds is 10. The Kier molecular flexibility index (Phi) is 8.89. The predicted molar refractivity (Wildman–Crippen MR) is 126 cm³/mol. The average Bonchev–Trinajstić information content (AvgIpc) is 3.21. The van der Waals surface area contributed by atoms with E-state index in [0.29, 0.717) is 29.4 Å². The summed E-state index contributed by atoms with van der Waals surface area (Å²) in [6, 6.07) is 6.60. The van der Waals surface area contributed by atoms with Gasteiger partial charge in [0.15, 0.2) is 23.3 Å². The van der Waals surface area contributed by atoms with E-state index in [9.17, 15) is 31.5 Å². The van der Waals surface area contributed by atoms with Crippen LogP contribution < -0.4 is 21.1 Å². The number of halogens is 5. The van der Waals surface area contributed by atoms with Gasteiger partial charge in [-0.2, -0.15) is 0 Å². The van der Waals surface area contributed by atoms with Crippen molar-refractivity contribution in [1.29, 1.82) is 0 Å². The van der Waals surface area contributed by atoms with E-state index in [-0.39, 0.29) is 23.8 Å². The van der Waals surface area contributed by atoms with Gasteiger partial charge in [0.1, 0.15) is 33.5 Å². The molecule has 0 fully saturated rings. The first-order valence-corrected chi connectivity index (χ1v) is 11.3. The number of hydrogen-bond acceptors (Lipinski definition) is 8. The highest BCUT2D eigenvalue weighted by Crippen LogP contribution is 2.40. The number of carbonyl (C=O) groups is 2. The minimum atomic E-state index is -2.39. The molecule has 3 aromatic rings. The number of ether oxygens (including phenoxy) is 3. The van der Waals surface area contributed by atoms with Gasteiger partial charge in [0.25, 0.3) is 5.91 Å². The van der Waals surface area contributed by atoms with Gasteiger partial charge in [0, 0.05) is 7.11 Å². The number of nitrogens with one attached hydrogen (secondary N) is 2. The van der Waals surface area contributed by atoms with Crippen LogP contribution in [0.5, 0.6) is 5.75 Å². The number of esters is 1. The Morgan fingerprint density at radius 2 is 1.59 bits per heavy atom. The Balaban J connectivity index is 2.04. The van der Waals surface area contributed by atoms with Crippen LogP contribution in [0.4, 0.5) is 44.0 Å². The third-order valence-electron chi connectivity index (χ3n) is 4.76. The lowest BCUT2D eigenvalue weighted by molar-refractivity contribution is 0.0391. The zero-order chi connectivity index (χ0) is 27.3. The molecule has 8 nitrogen and oxygen atoms in total. The van der Waals surface area contributed by atoms with Gasteiger partial charge in [-0.25, -0.2) is 26.7 Å². The van der Waals surface area contributed by atoms with Crippen LogP contribution in [0.1, 0.15) is 27.0 Å². The van der Waals surface area contributed by atoms with E-state index in [1.807, 2.05) is 0 Å². The van der Waals surface area contributed by atoms with Crippen molar-refractivity contribution in [1.82, 2.24) is 0 Å². The van der Waals surface area contributed by atoms with Crippen LogP contribution in [-0.2, 0) is 9.47 Å². The molecule has 0 radical (unpaired) electrons. The second kappa shape index (κ2) is 11.9. The fourth-order valence-corrected chi connectivity index (χ4v) is 4.07. The maximum Gasteiger partial charge on any atom is 0.343 e. The van der Waals surface area contributed by atoms with Crippen molar-refractivity contribution in [3.8, 4) is 5.75 Å². The zero-order valence-corrected chi connectivity index (χ0v) is 20.2. The molecule has 37 heavy (non-hydrogen) atoms. The third kappa shape index (κ3) is 5.75. The summed E-state index contributed by atoms with van der Waals surface area (Å²) in [5.41, 5.74) is 4.08. The third-order valence-corrected chi connectivity index (χ3v) is 5.88. The Hall–Kier alpha value is -3.91. The summed E-state index contributed by atoms with van der Waals surface area (Å²) in [6.07, 6.45) is 0. The van der Waals surface area contributed by atoms with Crippen LogP contribution in [0, 0.1) is 29.1 Å². The molecule has 0 aliphatic rings. The Labute approximate surface area is 211 Å². The van der Waals surface area contributed by atoms with Gasteiger partial charge in [-0.3, -0.25) is 4.79 Å². The van der Waals surface area contributed by atoms with Crippen LogP contribution in [0.15, 0.2) is 24.3 Å². The van der Waals surface area contributed by atoms with Crippen molar-refractivity contribution in [2.75, 3.05) is 43.3 Å². The largest absolute Gasteiger partial charge is 0.492 e. The molecule has 0 aliphatic heterocycles. The van der Waals surface area contributed by atoms with Crippen molar-refractivity contribution in [2.45, 2.75) is 6.92 Å². The summed E-state index contributed by atoms with van der Waals surface area (Å²) in [5, 5.41) is 4.55. The van der Waals surface area contributed by atoms with Crippen molar-refractivity contribution >= 4 is 45.3 Å². The molecule has 0 aliphatic carbocycles. The average molecular weight is 545 g/mol. The van der Waals surface area contributed by atoms with E-state index >= 15 is 0 Å². The molecule has 0 unspecified atom stereocenters. The molecule has 1 heterocycles. The number of amides is 1. The standard InChI is InChI=1S/C23H20F5N3O5S/c1-3-35-11-7-5-4-6-10(11)30-22-12(23(33)36-9-8-34-2)18(29)20(37-22)21(32)31-19-16(27)14(25)13(24)15(26)17(19)28/h4-7,30H,3,8-9,29H2,1-2H3,(H,31,32). The maximum absolute atomic E-state index is 14.1. The minimum absolute atomic E-state index is 0.00497. The summed E-state index contributed by atoms with van der Waals surface area (Å²) in [6.45, 7) is 1.96. The molecule has 0 saturated heterocycles. The SMILES string of the molecule is CCOc1ccccc1Nc1sc(C(=O)Nc2c(F)c(F)c(F)c(F)c2F)c(N)c1C(=O)OCCOC. The van der Waals surface area contributed by atoms with Crippen molar-refractivity contribution in [3.05, 3.63) is 63.8 Å². The molecule has 0 atom stereocenters. The van der Waals surface area contributed by atoms with E-state index in [1.54, 1.807) is 36.5 Å². The molecule has 3 rings (SSSR count). The van der Waals surface area contributed by atoms with Crippen molar-refractivity contribution in [2.24, 2.45) is 0 Å². The number of para-hydroxylation sites is 2. The van der Waals surface area contributed by atoms with Gasteiger partial charge in [-0.1, -0.05) is 12.1 Å². The molecule has 0 saturated carbocycles. The van der Waals surface area contributed by atoms with Crippen molar-refractivity contribution < 1.29 is 45.8 Å². The topological polar surface area (TPSA) is 112 Å². The molecule has 4 N–H and O–H groups in total. The van der Waals surface area contributed by atoms with E-state index < -0.39 is 57.2 Å². The number of nitrogens with two attached hydrogens (primary N) is 1. The van der Waals surface area contributed by atoms with Gasteiger partial charge >= 0.3 is 5.97 Å². The second-order valence-corrected chi connectivity index (χ2v) is 8.15. The molecule has 1 amide bonds. The summed E-state index contributed by atoms with van der Waals surface area (Å²) < 4.78 is 84.1. The van der Waals surface area contributed by atoms with E-state index in [4.69, 9.17) is 19.9 Å². The molecule has 198 valence electrons. The summed E-state index contributed by atoms with van der Waals surface area (Å²) in [4.78, 5) is 25.2. The highest BCUT2D eigenvalue weighted by Gasteiger charge is 2.31. The van der Waals surface area contributed by atoms with E-state index in [0.717, 1.165) is 0 Å². The fourth-order valence-electron chi connectivity index (χ4n) is 3.05. The van der Waals surface area contributed by atoms with Gasteiger partial charge in [-0.05, 0) is 19.1 Å². The first-order chi connectivity index (χ1) is 17.6. The molecule has 0 bridgehead atoms. The normalized spacial score (nSPS) is 10.8. The van der Waals surface area contributed by atoms with E-state index in [2.05, 4.69) is 5.32 Å². The molecule has 1 aromatic heterocycles. The van der Waals surface area contributed by atoms with Crippen LogP contribution in [0.2, 0.25) is 0 Å². The quantitative estimate of drug-likeness (QED) is 0.105. The van der Waals surface area contributed by atoms with E-state index in [1.165, 1.54) is 7.11 Å². The number of methoxy groups -OCH3 is 1. The minimum Gasteiger partial charge on any atom is -0.492 e. The predicted octanol–water partition coefficient (Wildman–Crippen LogP) is 5.22. The molecule has 0 spiro atoms. The summed E-state index contributed by atoms with van der Waals surface area (Å²) >= 11 is 0.584. The number of thiophene rings is 1. The molecular formula is C23H20F5N3O5S. The van der Waals surface area contributed by atoms with Crippen LogP contribution in [0.25, 0.3) is 0 Å². The molecule has 14 heteroatoms. The van der Waals surface area contributed by atoms with Gasteiger partial charge in [0.05, 0.1) is 24.6 Å². The lowest BCUT2D eigenvalue weighted by Crippen LogP contribution is -2.18. The summed E-state index contributed by atoms with van der Waals surface area (Å²) in [7, 11) is 1.38. The first-order valence-electron chi connectivity index (χ1n) is 10.5. The maximum atomic E-state index is 14.1. The lowest BCUT2D eigenvalue weighted by atomic mass is 10.2. The van der Waals surface area contributed by atoms with Crippen LogP contribution in [-0.4, -0.2) is 38.8 Å². The monoisotopic (exact) mass is 545 g/mol. The van der Waals surface area contributed by atoms with Gasteiger partial charge in [-0.15, -0.1) is 11.3 Å². The summed E-state index contributed by atoms with van der Waals surface area (Å²) in [5.74, 6) is -13.3. The molecular weight excluding hydrogens is 525 g/mol. The highest BCUT2D eigenvalue weighted by molar-refractivity contribution is 7.19. The lowest BCUT2D eigenvalue weighted by Gasteiger charge is -2.12. The number of carbonyl (C=O) groups excluding carboxylic acids is 2. The smallest absolute Gasteiger partial charge is 0.343 e. The Bertz CT molecular complexity index is 1310. The fraction of sp³-hybridized carbons (Fsp3) is 0.217.